The topological polar surface area (TPSA) is 93.4 Å². The lowest BCUT2D eigenvalue weighted by molar-refractivity contribution is -0.162. The lowest BCUT2D eigenvalue weighted by atomic mass is 10.1. The maximum Gasteiger partial charge on any atom is 0.335 e. The fourth-order valence-electron chi connectivity index (χ4n) is 3.04. The standard InChI is InChI=1S/C25H28ClN3O4/c1-16(2)23(30)27-19-10-7-9-17(12-19)22-13-20(15-33-25(3,4)24(31)32)28-29(22)14-18-8-5-6-11-21(18)26/h5-13,16H,14-15H2,1-4H3,(H,27,30)(H,31,32). The Hall–Kier alpha value is -3.16. The molecule has 0 saturated heterocycles. The summed E-state index contributed by atoms with van der Waals surface area (Å²) in [7, 11) is 0. The van der Waals surface area contributed by atoms with Crippen LogP contribution in [0.4, 0.5) is 5.69 Å². The SMILES string of the molecule is CC(C)C(=O)Nc1cccc(-c2cc(COC(C)(C)C(=O)O)nn2Cc2ccccc2Cl)c1. The molecule has 0 unspecified atom stereocenters. The Morgan fingerprint density at radius 1 is 1.15 bits per heavy atom. The summed E-state index contributed by atoms with van der Waals surface area (Å²) in [6, 6.07) is 16.9. The van der Waals surface area contributed by atoms with Gasteiger partial charge in [-0.1, -0.05) is 55.8 Å². The van der Waals surface area contributed by atoms with E-state index >= 15 is 0 Å². The summed E-state index contributed by atoms with van der Waals surface area (Å²) in [5, 5.41) is 17.5. The number of carbonyl (C=O) groups excluding carboxylic acids is 1. The molecule has 1 amide bonds. The van der Waals surface area contributed by atoms with Crippen molar-refractivity contribution < 1.29 is 19.4 Å². The Bertz CT molecular complexity index is 1150. The first-order chi connectivity index (χ1) is 15.6. The van der Waals surface area contributed by atoms with Crippen molar-refractivity contribution >= 4 is 29.2 Å². The maximum atomic E-state index is 12.1. The summed E-state index contributed by atoms with van der Waals surface area (Å²) in [5.74, 6) is -1.26. The lowest BCUT2D eigenvalue weighted by Gasteiger charge is -2.19. The molecule has 0 aliphatic carbocycles. The maximum absolute atomic E-state index is 12.1. The highest BCUT2D eigenvalue weighted by Gasteiger charge is 2.28. The Balaban J connectivity index is 1.96. The van der Waals surface area contributed by atoms with Gasteiger partial charge in [0, 0.05) is 22.2 Å². The number of aliphatic carboxylic acids is 1. The van der Waals surface area contributed by atoms with E-state index in [1.807, 2.05) is 68.4 Å². The predicted molar refractivity (Wildman–Crippen MR) is 128 cm³/mol. The molecule has 3 rings (SSSR count). The van der Waals surface area contributed by atoms with Crippen LogP contribution in [0.2, 0.25) is 5.02 Å². The van der Waals surface area contributed by atoms with Gasteiger partial charge in [-0.15, -0.1) is 0 Å². The molecule has 0 bridgehead atoms. The third-order valence-corrected chi connectivity index (χ3v) is 5.52. The summed E-state index contributed by atoms with van der Waals surface area (Å²) in [6.07, 6.45) is 0. The number of ether oxygens (including phenoxy) is 1. The van der Waals surface area contributed by atoms with Crippen LogP contribution in [0, 0.1) is 5.92 Å². The molecular weight excluding hydrogens is 442 g/mol. The number of benzene rings is 2. The summed E-state index contributed by atoms with van der Waals surface area (Å²) in [4.78, 5) is 23.5. The van der Waals surface area contributed by atoms with Gasteiger partial charge in [-0.25, -0.2) is 4.79 Å². The van der Waals surface area contributed by atoms with Gasteiger partial charge in [0.15, 0.2) is 5.60 Å². The monoisotopic (exact) mass is 469 g/mol. The highest BCUT2D eigenvalue weighted by Crippen LogP contribution is 2.27. The first kappa shape index (κ1) is 24.5. The van der Waals surface area contributed by atoms with Gasteiger partial charge in [0.1, 0.15) is 0 Å². The Kier molecular flexibility index (Phi) is 7.56. The zero-order valence-corrected chi connectivity index (χ0v) is 19.9. The highest BCUT2D eigenvalue weighted by molar-refractivity contribution is 6.31. The van der Waals surface area contributed by atoms with Crippen LogP contribution in [0.3, 0.4) is 0 Å². The summed E-state index contributed by atoms with van der Waals surface area (Å²) in [6.45, 7) is 7.12. The van der Waals surface area contributed by atoms with E-state index in [2.05, 4.69) is 10.4 Å². The van der Waals surface area contributed by atoms with E-state index in [0.29, 0.717) is 22.9 Å². The van der Waals surface area contributed by atoms with Crippen LogP contribution >= 0.6 is 11.6 Å². The number of halogens is 1. The van der Waals surface area contributed by atoms with Crippen molar-refractivity contribution in [3.63, 3.8) is 0 Å². The van der Waals surface area contributed by atoms with Crippen molar-refractivity contribution in [3.8, 4) is 11.3 Å². The number of hydrogen-bond acceptors (Lipinski definition) is 4. The first-order valence-electron chi connectivity index (χ1n) is 10.7. The minimum atomic E-state index is -1.34. The summed E-state index contributed by atoms with van der Waals surface area (Å²) in [5.41, 5.74) is 2.46. The minimum absolute atomic E-state index is 0.0333. The largest absolute Gasteiger partial charge is 0.479 e. The van der Waals surface area contributed by atoms with E-state index in [4.69, 9.17) is 16.3 Å². The van der Waals surface area contributed by atoms with E-state index in [-0.39, 0.29) is 18.4 Å². The zero-order valence-electron chi connectivity index (χ0n) is 19.1. The molecule has 0 spiro atoms. The number of rotatable bonds is 9. The number of nitrogens with zero attached hydrogens (tertiary/aromatic N) is 2. The first-order valence-corrected chi connectivity index (χ1v) is 11.0. The average molecular weight is 470 g/mol. The predicted octanol–water partition coefficient (Wildman–Crippen LogP) is 5.23. The van der Waals surface area contributed by atoms with Gasteiger partial charge in [-0.05, 0) is 43.7 Å². The van der Waals surface area contributed by atoms with E-state index in [1.165, 1.54) is 13.8 Å². The number of aromatic nitrogens is 2. The molecule has 0 fully saturated rings. The fraction of sp³-hybridized carbons (Fsp3) is 0.320. The van der Waals surface area contributed by atoms with Gasteiger partial charge in [0.25, 0.3) is 0 Å². The molecule has 0 aliphatic rings. The van der Waals surface area contributed by atoms with Gasteiger partial charge >= 0.3 is 5.97 Å². The Morgan fingerprint density at radius 2 is 1.88 bits per heavy atom. The third-order valence-electron chi connectivity index (χ3n) is 5.15. The van der Waals surface area contributed by atoms with Crippen LogP contribution in [0.15, 0.2) is 54.6 Å². The highest BCUT2D eigenvalue weighted by atomic mass is 35.5. The number of carbonyl (C=O) groups is 2. The van der Waals surface area contributed by atoms with Crippen LogP contribution in [0.5, 0.6) is 0 Å². The number of amides is 1. The fourth-order valence-corrected chi connectivity index (χ4v) is 3.24. The van der Waals surface area contributed by atoms with E-state index in [1.54, 1.807) is 4.68 Å². The lowest BCUT2D eigenvalue weighted by Crippen LogP contribution is -2.34. The second-order valence-corrected chi connectivity index (χ2v) is 9.01. The normalized spacial score (nSPS) is 11.6. The molecule has 2 N–H and O–H groups in total. The molecule has 7 nitrogen and oxygen atoms in total. The van der Waals surface area contributed by atoms with Gasteiger partial charge in [0.2, 0.25) is 5.91 Å². The van der Waals surface area contributed by atoms with Crippen LogP contribution < -0.4 is 5.32 Å². The van der Waals surface area contributed by atoms with Gasteiger partial charge in [-0.2, -0.15) is 5.10 Å². The van der Waals surface area contributed by atoms with Crippen LogP contribution in [-0.4, -0.2) is 32.4 Å². The quantitative estimate of drug-likeness (QED) is 0.447. The second-order valence-electron chi connectivity index (χ2n) is 8.60. The van der Waals surface area contributed by atoms with Gasteiger partial charge in [0.05, 0.1) is 24.5 Å². The smallest absolute Gasteiger partial charge is 0.335 e. The number of nitrogens with one attached hydrogen (secondary N) is 1. The molecule has 0 aliphatic heterocycles. The second kappa shape index (κ2) is 10.2. The molecule has 0 saturated carbocycles. The molecule has 33 heavy (non-hydrogen) atoms. The molecule has 8 heteroatoms. The Morgan fingerprint density at radius 3 is 2.55 bits per heavy atom. The van der Waals surface area contributed by atoms with Crippen molar-refractivity contribution in [1.82, 2.24) is 9.78 Å². The molecule has 1 heterocycles. The third kappa shape index (κ3) is 6.21. The molecule has 174 valence electrons. The van der Waals surface area contributed by atoms with Crippen molar-refractivity contribution in [2.45, 2.75) is 46.4 Å². The van der Waals surface area contributed by atoms with Crippen LogP contribution in [0.1, 0.15) is 39.0 Å². The molecule has 0 atom stereocenters. The molecule has 0 radical (unpaired) electrons. The van der Waals surface area contributed by atoms with E-state index < -0.39 is 11.6 Å². The minimum Gasteiger partial charge on any atom is -0.479 e. The number of hydrogen-bond donors (Lipinski definition) is 2. The van der Waals surface area contributed by atoms with Crippen molar-refractivity contribution in [3.05, 3.63) is 70.9 Å². The molecule has 2 aromatic carbocycles. The van der Waals surface area contributed by atoms with Crippen molar-refractivity contribution in [1.29, 1.82) is 0 Å². The summed E-state index contributed by atoms with van der Waals surface area (Å²) < 4.78 is 7.40. The average Bonchev–Trinajstić information content (AvgIpc) is 3.17. The van der Waals surface area contributed by atoms with Crippen LogP contribution in [-0.2, 0) is 27.5 Å². The van der Waals surface area contributed by atoms with Crippen LogP contribution in [0.25, 0.3) is 11.3 Å². The molecular formula is C25H28ClN3O4. The molecule has 3 aromatic rings. The number of anilines is 1. The van der Waals surface area contributed by atoms with Gasteiger partial charge in [-0.3, -0.25) is 9.48 Å². The van der Waals surface area contributed by atoms with E-state index in [0.717, 1.165) is 16.8 Å². The Labute approximate surface area is 198 Å². The van der Waals surface area contributed by atoms with Crippen molar-refractivity contribution in [2.75, 3.05) is 5.32 Å². The summed E-state index contributed by atoms with van der Waals surface area (Å²) >= 11 is 6.37. The molecule has 1 aromatic heterocycles. The van der Waals surface area contributed by atoms with E-state index in [9.17, 15) is 14.7 Å². The zero-order chi connectivity index (χ0) is 24.2. The van der Waals surface area contributed by atoms with Crippen molar-refractivity contribution in [2.24, 2.45) is 5.92 Å². The van der Waals surface area contributed by atoms with Gasteiger partial charge < -0.3 is 15.2 Å². The number of carboxylic acid groups (broad SMARTS) is 1. The number of carboxylic acids is 1.